The van der Waals surface area contributed by atoms with Crippen LogP contribution in [0.1, 0.15) is 54.8 Å². The van der Waals surface area contributed by atoms with E-state index in [1.165, 1.54) is 0 Å². The summed E-state index contributed by atoms with van der Waals surface area (Å²) in [4.78, 5) is 53.3. The maximum absolute atomic E-state index is 13.5. The standard InChI is InChI=1S/C37H34O10/c1-2-23-42-37-32(47-36(41)28-21-13-6-14-22-28)31(46-35(40)27-19-11-5-12-20-27)30(45-34(39)26-17-9-4-10-18-26)29(44-37)24-43-33(38)25-15-7-3-8-16-25/h3-22,29-32,37H,2,23-24H2,1H3/t29-,30+,31+,32-,37-/m1/s1. The molecule has 242 valence electrons. The minimum atomic E-state index is -1.45. The molecule has 0 spiro atoms. The third-order valence-electron chi connectivity index (χ3n) is 7.22. The normalized spacial score (nSPS) is 20.4. The summed E-state index contributed by atoms with van der Waals surface area (Å²) in [5.74, 6) is -2.93. The molecule has 0 aromatic heterocycles. The largest absolute Gasteiger partial charge is 0.459 e. The average molecular weight is 639 g/mol. The van der Waals surface area contributed by atoms with Gasteiger partial charge in [0.25, 0.3) is 0 Å². The van der Waals surface area contributed by atoms with Crippen LogP contribution in [0, 0.1) is 0 Å². The first-order valence-electron chi connectivity index (χ1n) is 15.2. The molecule has 47 heavy (non-hydrogen) atoms. The molecule has 0 saturated carbocycles. The summed E-state index contributed by atoms with van der Waals surface area (Å²) in [6.07, 6.45) is -6.15. The molecule has 10 nitrogen and oxygen atoms in total. The Balaban J connectivity index is 1.53. The van der Waals surface area contributed by atoms with Crippen LogP contribution < -0.4 is 0 Å². The van der Waals surface area contributed by atoms with Gasteiger partial charge in [-0.2, -0.15) is 0 Å². The van der Waals surface area contributed by atoms with Crippen molar-refractivity contribution in [3.8, 4) is 0 Å². The van der Waals surface area contributed by atoms with Crippen molar-refractivity contribution in [2.75, 3.05) is 13.2 Å². The van der Waals surface area contributed by atoms with Crippen molar-refractivity contribution in [3.05, 3.63) is 144 Å². The van der Waals surface area contributed by atoms with Crippen molar-refractivity contribution in [2.45, 2.75) is 44.1 Å². The molecule has 1 aliphatic rings. The minimum Gasteiger partial charge on any atom is -0.459 e. The van der Waals surface area contributed by atoms with E-state index in [2.05, 4.69) is 0 Å². The van der Waals surface area contributed by atoms with Gasteiger partial charge in [-0.25, -0.2) is 19.2 Å². The fourth-order valence-corrected chi connectivity index (χ4v) is 4.90. The van der Waals surface area contributed by atoms with Gasteiger partial charge in [-0.3, -0.25) is 0 Å². The molecule has 0 radical (unpaired) electrons. The zero-order valence-corrected chi connectivity index (χ0v) is 25.6. The highest BCUT2D eigenvalue weighted by atomic mass is 16.7. The summed E-state index contributed by atoms with van der Waals surface area (Å²) in [6, 6.07) is 32.9. The van der Waals surface area contributed by atoms with E-state index in [0.29, 0.717) is 12.0 Å². The van der Waals surface area contributed by atoms with Crippen LogP contribution in [-0.4, -0.2) is 67.8 Å². The average Bonchev–Trinajstić information content (AvgIpc) is 3.13. The lowest BCUT2D eigenvalue weighted by molar-refractivity contribution is -0.298. The third kappa shape index (κ3) is 8.69. The van der Waals surface area contributed by atoms with Gasteiger partial charge in [0.05, 0.1) is 22.3 Å². The molecule has 5 atom stereocenters. The summed E-state index contributed by atoms with van der Waals surface area (Å²) in [6.45, 7) is 1.66. The number of esters is 4. The molecule has 0 N–H and O–H groups in total. The minimum absolute atomic E-state index is 0.189. The Morgan fingerprint density at radius 1 is 0.532 bits per heavy atom. The predicted molar refractivity (Wildman–Crippen MR) is 169 cm³/mol. The number of carbonyl (C=O) groups excluding carboxylic acids is 4. The molecule has 1 heterocycles. The van der Waals surface area contributed by atoms with Gasteiger partial charge >= 0.3 is 23.9 Å². The Morgan fingerprint density at radius 3 is 1.34 bits per heavy atom. The highest BCUT2D eigenvalue weighted by Crippen LogP contribution is 2.32. The van der Waals surface area contributed by atoms with Crippen molar-refractivity contribution < 1.29 is 47.6 Å². The number of hydrogen-bond acceptors (Lipinski definition) is 10. The number of rotatable bonds is 12. The first-order chi connectivity index (χ1) is 22.9. The lowest BCUT2D eigenvalue weighted by Gasteiger charge is -2.44. The summed E-state index contributed by atoms with van der Waals surface area (Å²) in [7, 11) is 0. The van der Waals surface area contributed by atoms with E-state index in [1.54, 1.807) is 121 Å². The van der Waals surface area contributed by atoms with Crippen molar-refractivity contribution in [2.24, 2.45) is 0 Å². The first-order valence-corrected chi connectivity index (χ1v) is 15.2. The van der Waals surface area contributed by atoms with E-state index < -0.39 is 61.2 Å². The molecule has 1 saturated heterocycles. The van der Waals surface area contributed by atoms with Crippen LogP contribution >= 0.6 is 0 Å². The zero-order valence-electron chi connectivity index (χ0n) is 25.6. The van der Waals surface area contributed by atoms with E-state index in [0.717, 1.165) is 0 Å². The smallest absolute Gasteiger partial charge is 0.338 e. The Labute approximate surface area is 272 Å². The van der Waals surface area contributed by atoms with Crippen LogP contribution in [0.15, 0.2) is 121 Å². The Hall–Kier alpha value is -5.32. The van der Waals surface area contributed by atoms with Gasteiger partial charge in [-0.15, -0.1) is 0 Å². The van der Waals surface area contributed by atoms with Crippen LogP contribution in [0.2, 0.25) is 0 Å². The van der Waals surface area contributed by atoms with Crippen molar-refractivity contribution in [3.63, 3.8) is 0 Å². The SMILES string of the molecule is CCCO[C@@H]1O[C@H](COC(=O)c2ccccc2)[C@H](OC(=O)c2ccccc2)[C@H](OC(=O)c2ccccc2)[C@H]1OC(=O)c1ccccc1. The Kier molecular flexibility index (Phi) is 11.5. The number of benzene rings is 4. The number of hydrogen-bond donors (Lipinski definition) is 0. The van der Waals surface area contributed by atoms with E-state index in [4.69, 9.17) is 28.4 Å². The second kappa shape index (κ2) is 16.3. The maximum atomic E-state index is 13.5. The molecule has 5 rings (SSSR count). The second-order valence-corrected chi connectivity index (χ2v) is 10.6. The summed E-state index contributed by atoms with van der Waals surface area (Å²) >= 11 is 0. The first kappa shape index (κ1) is 33.1. The van der Waals surface area contributed by atoms with Crippen molar-refractivity contribution in [1.29, 1.82) is 0 Å². The molecule has 0 bridgehead atoms. The topological polar surface area (TPSA) is 124 Å². The third-order valence-corrected chi connectivity index (χ3v) is 7.22. The fourth-order valence-electron chi connectivity index (χ4n) is 4.90. The Bertz CT molecular complexity index is 1610. The lowest BCUT2D eigenvalue weighted by Crippen LogP contribution is -2.63. The van der Waals surface area contributed by atoms with Gasteiger partial charge in [0.2, 0.25) is 0 Å². The summed E-state index contributed by atoms with van der Waals surface area (Å²) in [5.41, 5.74) is 0.939. The molecule has 1 aliphatic heterocycles. The molecular weight excluding hydrogens is 604 g/mol. The van der Waals surface area contributed by atoms with Gasteiger partial charge in [-0.05, 0) is 55.0 Å². The van der Waals surface area contributed by atoms with Gasteiger partial charge < -0.3 is 28.4 Å². The van der Waals surface area contributed by atoms with Gasteiger partial charge in [-0.1, -0.05) is 79.7 Å². The predicted octanol–water partition coefficient (Wildman–Crippen LogP) is 5.67. The van der Waals surface area contributed by atoms with E-state index >= 15 is 0 Å². The lowest BCUT2D eigenvalue weighted by atomic mass is 9.97. The van der Waals surface area contributed by atoms with E-state index in [9.17, 15) is 19.2 Å². The Morgan fingerprint density at radius 2 is 0.915 bits per heavy atom. The van der Waals surface area contributed by atoms with Crippen LogP contribution in [0.3, 0.4) is 0 Å². The molecule has 0 unspecified atom stereocenters. The van der Waals surface area contributed by atoms with Crippen LogP contribution in [0.25, 0.3) is 0 Å². The highest BCUT2D eigenvalue weighted by molar-refractivity contribution is 5.91. The van der Waals surface area contributed by atoms with Gasteiger partial charge in [0.15, 0.2) is 24.6 Å². The number of ether oxygens (including phenoxy) is 6. The molecule has 10 heteroatoms. The maximum Gasteiger partial charge on any atom is 0.338 e. The zero-order chi connectivity index (χ0) is 33.0. The van der Waals surface area contributed by atoms with Crippen molar-refractivity contribution in [1.82, 2.24) is 0 Å². The van der Waals surface area contributed by atoms with Crippen molar-refractivity contribution >= 4 is 23.9 Å². The quantitative estimate of drug-likeness (QED) is 0.142. The molecular formula is C37H34O10. The monoisotopic (exact) mass is 638 g/mol. The van der Waals surface area contributed by atoms with Crippen LogP contribution in [0.5, 0.6) is 0 Å². The van der Waals surface area contributed by atoms with Gasteiger partial charge in [0.1, 0.15) is 12.7 Å². The molecule has 0 aliphatic carbocycles. The van der Waals surface area contributed by atoms with Gasteiger partial charge in [0, 0.05) is 6.61 Å². The number of carbonyl (C=O) groups is 4. The second-order valence-electron chi connectivity index (χ2n) is 10.6. The van der Waals surface area contributed by atoms with Crippen LogP contribution in [0.4, 0.5) is 0 Å². The summed E-state index contributed by atoms with van der Waals surface area (Å²) < 4.78 is 35.8. The molecule has 0 amide bonds. The highest BCUT2D eigenvalue weighted by Gasteiger charge is 2.53. The molecule has 1 fully saturated rings. The fraction of sp³-hybridized carbons (Fsp3) is 0.243. The summed E-state index contributed by atoms with van der Waals surface area (Å²) in [5, 5.41) is 0. The van der Waals surface area contributed by atoms with Crippen LogP contribution in [-0.2, 0) is 28.4 Å². The molecule has 4 aromatic rings. The molecule has 4 aromatic carbocycles. The van der Waals surface area contributed by atoms with E-state index in [1.807, 2.05) is 6.92 Å². The van der Waals surface area contributed by atoms with E-state index in [-0.39, 0.29) is 23.3 Å².